The highest BCUT2D eigenvalue weighted by Crippen LogP contribution is 2.13. The van der Waals surface area contributed by atoms with Gasteiger partial charge in [-0.05, 0) is 18.6 Å². The molecule has 0 bridgehead atoms. The Balaban J connectivity index is 2.20. The van der Waals surface area contributed by atoms with Gasteiger partial charge in [0.15, 0.2) is 0 Å². The Hall–Kier alpha value is -2.43. The summed E-state index contributed by atoms with van der Waals surface area (Å²) in [5.74, 6) is -0.351. The number of anilines is 1. The predicted octanol–water partition coefficient (Wildman–Crippen LogP) is 1.33. The highest BCUT2D eigenvalue weighted by Gasteiger charge is 2.08. The van der Waals surface area contributed by atoms with E-state index in [9.17, 15) is 9.59 Å². The third-order valence-corrected chi connectivity index (χ3v) is 2.30. The third kappa shape index (κ3) is 2.57. The molecule has 0 saturated heterocycles. The van der Waals surface area contributed by atoms with Gasteiger partial charge in [-0.25, -0.2) is 4.98 Å². The van der Waals surface area contributed by atoms with Crippen LogP contribution in [0.4, 0.5) is 5.69 Å². The smallest absolute Gasteiger partial charge is 0.275 e. The van der Waals surface area contributed by atoms with Crippen LogP contribution >= 0.6 is 0 Å². The van der Waals surface area contributed by atoms with Crippen LogP contribution in [0.2, 0.25) is 0 Å². The number of amides is 1. The Morgan fingerprint density at radius 3 is 2.76 bits per heavy atom. The molecule has 0 atom stereocenters. The van der Waals surface area contributed by atoms with E-state index in [0.717, 1.165) is 17.4 Å². The van der Waals surface area contributed by atoms with Crippen LogP contribution < -0.4 is 10.9 Å². The third-order valence-electron chi connectivity index (χ3n) is 2.30. The summed E-state index contributed by atoms with van der Waals surface area (Å²) in [5.41, 5.74) is 1.53. The summed E-state index contributed by atoms with van der Waals surface area (Å²) < 4.78 is 0. The van der Waals surface area contributed by atoms with Gasteiger partial charge in [-0.1, -0.05) is 18.2 Å². The van der Waals surface area contributed by atoms with Crippen molar-refractivity contribution < 1.29 is 4.79 Å². The summed E-state index contributed by atoms with van der Waals surface area (Å²) in [7, 11) is 0. The van der Waals surface area contributed by atoms with Crippen LogP contribution in [0, 0.1) is 6.92 Å². The van der Waals surface area contributed by atoms with Crippen molar-refractivity contribution in [1.29, 1.82) is 0 Å². The summed E-state index contributed by atoms with van der Waals surface area (Å²) in [4.78, 5) is 28.7. The molecule has 0 unspecified atom stereocenters. The first-order chi connectivity index (χ1) is 8.16. The first kappa shape index (κ1) is 11.1. The maximum absolute atomic E-state index is 11.8. The van der Waals surface area contributed by atoms with Crippen LogP contribution in [-0.2, 0) is 0 Å². The molecule has 0 aliphatic heterocycles. The molecule has 1 amide bonds. The summed E-state index contributed by atoms with van der Waals surface area (Å²) in [5, 5.41) is 2.72. The Morgan fingerprint density at radius 2 is 2.12 bits per heavy atom. The van der Waals surface area contributed by atoms with E-state index in [1.807, 2.05) is 25.1 Å². The molecule has 5 heteroatoms. The number of hydrogen-bond donors (Lipinski definition) is 2. The lowest BCUT2D eigenvalue weighted by molar-refractivity contribution is 0.102. The molecule has 0 spiro atoms. The van der Waals surface area contributed by atoms with Crippen molar-refractivity contribution in [3.05, 3.63) is 58.3 Å². The Bertz CT molecular complexity index is 584. The van der Waals surface area contributed by atoms with Crippen molar-refractivity contribution in [2.75, 3.05) is 5.32 Å². The molecule has 1 aromatic carbocycles. The molecule has 86 valence electrons. The second-order valence-electron chi connectivity index (χ2n) is 3.57. The van der Waals surface area contributed by atoms with Crippen molar-refractivity contribution in [3.8, 4) is 0 Å². The van der Waals surface area contributed by atoms with Crippen molar-refractivity contribution in [2.24, 2.45) is 0 Å². The topological polar surface area (TPSA) is 74.8 Å². The molecule has 0 saturated carbocycles. The number of aromatic nitrogens is 2. The van der Waals surface area contributed by atoms with E-state index < -0.39 is 0 Å². The Morgan fingerprint density at radius 1 is 1.35 bits per heavy atom. The maximum Gasteiger partial charge on any atom is 0.275 e. The fourth-order valence-electron chi connectivity index (χ4n) is 1.37. The van der Waals surface area contributed by atoms with Gasteiger partial charge in [0.1, 0.15) is 5.69 Å². The van der Waals surface area contributed by atoms with Gasteiger partial charge in [0, 0.05) is 11.9 Å². The van der Waals surface area contributed by atoms with E-state index in [0.29, 0.717) is 0 Å². The summed E-state index contributed by atoms with van der Waals surface area (Å²) in [6.07, 6.45) is 2.36. The molecule has 2 aromatic rings. The minimum atomic E-state index is -0.351. The zero-order valence-corrected chi connectivity index (χ0v) is 9.23. The second kappa shape index (κ2) is 4.61. The summed E-state index contributed by atoms with van der Waals surface area (Å²) in [6, 6.07) is 7.43. The number of nitrogens with one attached hydrogen (secondary N) is 2. The standard InChI is InChI=1S/C12H11N3O2/c1-8-4-2-3-5-9(8)15-12(17)10-6-14-11(16)7-13-10/h2-7H,1H3,(H,14,16)(H,15,17). The summed E-state index contributed by atoms with van der Waals surface area (Å²) >= 11 is 0. The molecule has 0 aliphatic rings. The lowest BCUT2D eigenvalue weighted by Gasteiger charge is -2.06. The second-order valence-corrected chi connectivity index (χ2v) is 3.57. The van der Waals surface area contributed by atoms with E-state index >= 15 is 0 Å². The van der Waals surface area contributed by atoms with Crippen LogP contribution in [0.25, 0.3) is 0 Å². The lowest BCUT2D eigenvalue weighted by atomic mass is 10.2. The van der Waals surface area contributed by atoms with Crippen molar-refractivity contribution in [2.45, 2.75) is 6.92 Å². The number of H-pyrrole nitrogens is 1. The number of carbonyl (C=O) groups is 1. The van der Waals surface area contributed by atoms with E-state index in [-0.39, 0.29) is 17.2 Å². The van der Waals surface area contributed by atoms with Crippen LogP contribution in [0.1, 0.15) is 16.1 Å². The SMILES string of the molecule is Cc1ccccc1NC(=O)c1c[nH]c(=O)cn1. The fraction of sp³-hybridized carbons (Fsp3) is 0.0833. The van der Waals surface area contributed by atoms with Crippen LogP contribution in [0.15, 0.2) is 41.5 Å². The Kier molecular flexibility index (Phi) is 3.00. The van der Waals surface area contributed by atoms with Gasteiger partial charge in [0.25, 0.3) is 11.5 Å². The average molecular weight is 229 g/mol. The highest BCUT2D eigenvalue weighted by molar-refractivity contribution is 6.02. The van der Waals surface area contributed by atoms with Crippen LogP contribution in [0.5, 0.6) is 0 Å². The molecular weight excluding hydrogens is 218 g/mol. The number of aryl methyl sites for hydroxylation is 1. The maximum atomic E-state index is 11.8. The predicted molar refractivity (Wildman–Crippen MR) is 64.0 cm³/mol. The minimum Gasteiger partial charge on any atom is -0.325 e. The number of rotatable bonds is 2. The Labute approximate surface area is 97.5 Å². The highest BCUT2D eigenvalue weighted by atomic mass is 16.2. The molecular formula is C12H11N3O2. The van der Waals surface area contributed by atoms with Crippen molar-refractivity contribution >= 4 is 11.6 Å². The number of aromatic amines is 1. The molecule has 0 aliphatic carbocycles. The van der Waals surface area contributed by atoms with Crippen molar-refractivity contribution in [3.63, 3.8) is 0 Å². The van der Waals surface area contributed by atoms with E-state index in [4.69, 9.17) is 0 Å². The largest absolute Gasteiger partial charge is 0.325 e. The number of benzene rings is 1. The van der Waals surface area contributed by atoms with Crippen molar-refractivity contribution in [1.82, 2.24) is 9.97 Å². The van der Waals surface area contributed by atoms with Gasteiger partial charge in [0.05, 0.1) is 6.20 Å². The summed E-state index contributed by atoms with van der Waals surface area (Å²) in [6.45, 7) is 1.90. The number of hydrogen-bond acceptors (Lipinski definition) is 3. The van der Waals surface area contributed by atoms with E-state index in [2.05, 4.69) is 15.3 Å². The van der Waals surface area contributed by atoms with Gasteiger partial charge < -0.3 is 10.3 Å². The van der Waals surface area contributed by atoms with Gasteiger partial charge in [-0.2, -0.15) is 0 Å². The van der Waals surface area contributed by atoms with Gasteiger partial charge in [-0.15, -0.1) is 0 Å². The monoisotopic (exact) mass is 229 g/mol. The quantitative estimate of drug-likeness (QED) is 0.815. The molecule has 0 fully saturated rings. The van der Waals surface area contributed by atoms with E-state index in [1.165, 1.54) is 6.20 Å². The van der Waals surface area contributed by atoms with Crippen LogP contribution in [-0.4, -0.2) is 15.9 Å². The molecule has 1 aromatic heterocycles. The van der Waals surface area contributed by atoms with Gasteiger partial charge in [-0.3, -0.25) is 9.59 Å². The minimum absolute atomic E-state index is 0.174. The van der Waals surface area contributed by atoms with Crippen LogP contribution in [0.3, 0.4) is 0 Å². The number of nitrogens with zero attached hydrogens (tertiary/aromatic N) is 1. The molecule has 5 nitrogen and oxygen atoms in total. The molecule has 2 rings (SSSR count). The zero-order chi connectivity index (χ0) is 12.3. The molecule has 0 radical (unpaired) electrons. The number of carbonyl (C=O) groups excluding carboxylic acids is 1. The fourth-order valence-corrected chi connectivity index (χ4v) is 1.37. The average Bonchev–Trinajstić information content (AvgIpc) is 2.33. The molecule has 1 heterocycles. The lowest BCUT2D eigenvalue weighted by Crippen LogP contribution is -2.17. The first-order valence-electron chi connectivity index (χ1n) is 5.08. The first-order valence-corrected chi connectivity index (χ1v) is 5.08. The van der Waals surface area contributed by atoms with Gasteiger partial charge in [0.2, 0.25) is 0 Å². The van der Waals surface area contributed by atoms with E-state index in [1.54, 1.807) is 6.07 Å². The zero-order valence-electron chi connectivity index (χ0n) is 9.23. The van der Waals surface area contributed by atoms with Gasteiger partial charge >= 0.3 is 0 Å². The normalized spacial score (nSPS) is 9.94. The number of para-hydroxylation sites is 1. The molecule has 2 N–H and O–H groups in total. The molecule has 17 heavy (non-hydrogen) atoms.